The number of benzene rings is 2. The molecule has 3 N–H and O–H groups in total. The molecule has 2 saturated heterocycles. The lowest BCUT2D eigenvalue weighted by Gasteiger charge is -2.32. The van der Waals surface area contributed by atoms with Crippen LogP contribution in [-0.2, 0) is 4.79 Å². The summed E-state index contributed by atoms with van der Waals surface area (Å²) in [6.45, 7) is 3.23. The minimum Gasteiger partial charge on any atom is -0.486 e. The van der Waals surface area contributed by atoms with Crippen LogP contribution < -0.4 is 19.7 Å². The highest BCUT2D eigenvalue weighted by Crippen LogP contribution is 2.37. The molecule has 3 atom stereocenters. The Morgan fingerprint density at radius 3 is 2.61 bits per heavy atom. The van der Waals surface area contributed by atoms with Crippen LogP contribution in [0.25, 0.3) is 0 Å². The maximum atomic E-state index is 14.7. The molecule has 2 aromatic rings. The van der Waals surface area contributed by atoms with Gasteiger partial charge < -0.3 is 34.8 Å². The summed E-state index contributed by atoms with van der Waals surface area (Å²) in [5.74, 6) is -0.921. The SMILES string of the molecule is O=C(N[C@H](CN1CCCC1)[C@H](O)c1cc(F)c2c(c1)OCCO2)[C@@]1(O)CCN(c2ccc(Cl)cc2)C1. The van der Waals surface area contributed by atoms with Crippen molar-refractivity contribution in [1.29, 1.82) is 0 Å². The number of carbonyl (C=O) groups is 1. The zero-order valence-corrected chi connectivity index (χ0v) is 20.7. The minimum atomic E-state index is -1.62. The summed E-state index contributed by atoms with van der Waals surface area (Å²) in [6, 6.07) is 9.24. The third-order valence-corrected chi connectivity index (χ3v) is 7.43. The lowest BCUT2D eigenvalue weighted by atomic mass is 9.97. The van der Waals surface area contributed by atoms with Crippen LogP contribution in [0.2, 0.25) is 5.02 Å². The number of nitrogens with zero attached hydrogens (tertiary/aromatic N) is 2. The van der Waals surface area contributed by atoms with Crippen LogP contribution in [0, 0.1) is 5.82 Å². The van der Waals surface area contributed by atoms with Gasteiger partial charge >= 0.3 is 0 Å². The third-order valence-electron chi connectivity index (χ3n) is 7.17. The number of amides is 1. The molecule has 2 fully saturated rings. The van der Waals surface area contributed by atoms with Crippen LogP contribution >= 0.6 is 11.6 Å². The van der Waals surface area contributed by atoms with Crippen LogP contribution in [-0.4, -0.2) is 78.6 Å². The van der Waals surface area contributed by atoms with Gasteiger partial charge in [-0.3, -0.25) is 4.79 Å². The van der Waals surface area contributed by atoms with Crippen LogP contribution in [0.4, 0.5) is 10.1 Å². The minimum absolute atomic E-state index is 0.0277. The first-order valence-corrected chi connectivity index (χ1v) is 12.7. The molecule has 3 heterocycles. The molecule has 0 bridgehead atoms. The van der Waals surface area contributed by atoms with Gasteiger partial charge in [0, 0.05) is 30.2 Å². The van der Waals surface area contributed by atoms with Crippen molar-refractivity contribution in [2.24, 2.45) is 0 Å². The number of nitrogens with one attached hydrogen (secondary N) is 1. The third kappa shape index (κ3) is 5.25. The lowest BCUT2D eigenvalue weighted by Crippen LogP contribution is -2.55. The maximum absolute atomic E-state index is 14.7. The molecule has 0 saturated carbocycles. The van der Waals surface area contributed by atoms with Gasteiger partial charge in [-0.25, -0.2) is 4.39 Å². The zero-order valence-electron chi connectivity index (χ0n) is 20.0. The summed E-state index contributed by atoms with van der Waals surface area (Å²) < 4.78 is 25.6. The summed E-state index contributed by atoms with van der Waals surface area (Å²) in [5, 5.41) is 26.0. The Labute approximate surface area is 214 Å². The molecule has 0 spiro atoms. The van der Waals surface area contributed by atoms with Crippen molar-refractivity contribution in [3.8, 4) is 11.5 Å². The number of halogens is 2. The number of aliphatic hydroxyl groups excluding tert-OH is 1. The molecule has 0 unspecified atom stereocenters. The number of ether oxygens (including phenoxy) is 2. The molecule has 2 aromatic carbocycles. The van der Waals surface area contributed by atoms with E-state index in [-0.39, 0.29) is 43.2 Å². The zero-order chi connectivity index (χ0) is 25.3. The van der Waals surface area contributed by atoms with Crippen molar-refractivity contribution in [1.82, 2.24) is 10.2 Å². The number of anilines is 1. The molecule has 0 radical (unpaired) electrons. The normalized spacial score (nSPS) is 23.5. The number of likely N-dealkylation sites (tertiary alicyclic amines) is 1. The summed E-state index contributed by atoms with van der Waals surface area (Å²) in [5.41, 5.74) is -0.480. The first-order chi connectivity index (χ1) is 17.3. The van der Waals surface area contributed by atoms with E-state index in [1.165, 1.54) is 6.07 Å². The molecule has 36 heavy (non-hydrogen) atoms. The summed E-state index contributed by atoms with van der Waals surface area (Å²) in [6.07, 6.45) is 1.11. The first-order valence-electron chi connectivity index (χ1n) is 12.4. The molecule has 5 rings (SSSR count). The number of hydrogen-bond donors (Lipinski definition) is 3. The predicted molar refractivity (Wildman–Crippen MR) is 133 cm³/mol. The fourth-order valence-corrected chi connectivity index (χ4v) is 5.28. The quantitative estimate of drug-likeness (QED) is 0.517. The van der Waals surface area contributed by atoms with Gasteiger partial charge in [0.2, 0.25) is 0 Å². The van der Waals surface area contributed by atoms with E-state index >= 15 is 0 Å². The van der Waals surface area contributed by atoms with Gasteiger partial charge in [0.05, 0.1) is 12.6 Å². The second-order valence-corrected chi connectivity index (χ2v) is 10.2. The Morgan fingerprint density at radius 2 is 1.86 bits per heavy atom. The van der Waals surface area contributed by atoms with Gasteiger partial charge in [-0.15, -0.1) is 0 Å². The maximum Gasteiger partial charge on any atom is 0.254 e. The fraction of sp³-hybridized carbons (Fsp3) is 0.500. The first kappa shape index (κ1) is 25.1. The summed E-state index contributed by atoms with van der Waals surface area (Å²) in [7, 11) is 0. The van der Waals surface area contributed by atoms with Crippen molar-refractivity contribution in [3.05, 3.63) is 52.8 Å². The molecule has 0 aromatic heterocycles. The van der Waals surface area contributed by atoms with Gasteiger partial charge in [0.15, 0.2) is 22.9 Å². The van der Waals surface area contributed by atoms with E-state index in [0.29, 0.717) is 18.1 Å². The largest absolute Gasteiger partial charge is 0.486 e. The highest BCUT2D eigenvalue weighted by Gasteiger charge is 2.44. The van der Waals surface area contributed by atoms with Crippen LogP contribution in [0.15, 0.2) is 36.4 Å². The number of fused-ring (bicyclic) bond motifs is 1. The lowest BCUT2D eigenvalue weighted by molar-refractivity contribution is -0.139. The molecular weight excluding hydrogens is 489 g/mol. The number of hydrogen-bond acceptors (Lipinski definition) is 7. The van der Waals surface area contributed by atoms with Gasteiger partial charge in [-0.1, -0.05) is 11.6 Å². The molecule has 3 aliphatic heterocycles. The average molecular weight is 520 g/mol. The molecule has 0 aliphatic carbocycles. The molecule has 8 nitrogen and oxygen atoms in total. The van der Waals surface area contributed by atoms with Gasteiger partial charge in [-0.05, 0) is 67.9 Å². The van der Waals surface area contributed by atoms with Crippen LogP contribution in [0.5, 0.6) is 11.5 Å². The number of carbonyl (C=O) groups excluding carboxylic acids is 1. The topological polar surface area (TPSA) is 94.5 Å². The number of rotatable bonds is 7. The van der Waals surface area contributed by atoms with E-state index in [9.17, 15) is 19.4 Å². The Kier molecular flexibility index (Phi) is 7.25. The van der Waals surface area contributed by atoms with Crippen LogP contribution in [0.3, 0.4) is 0 Å². The molecule has 1 amide bonds. The highest BCUT2D eigenvalue weighted by atomic mass is 35.5. The summed E-state index contributed by atoms with van der Waals surface area (Å²) >= 11 is 5.98. The Morgan fingerprint density at radius 1 is 1.14 bits per heavy atom. The van der Waals surface area contributed by atoms with E-state index < -0.39 is 29.5 Å². The number of aliphatic hydroxyl groups is 2. The molecular formula is C26H31ClFN3O5. The highest BCUT2D eigenvalue weighted by molar-refractivity contribution is 6.30. The molecule has 194 valence electrons. The predicted octanol–water partition coefficient (Wildman–Crippen LogP) is 2.51. The smallest absolute Gasteiger partial charge is 0.254 e. The van der Waals surface area contributed by atoms with Crippen molar-refractivity contribution < 1.29 is 28.9 Å². The second-order valence-electron chi connectivity index (χ2n) is 9.74. The van der Waals surface area contributed by atoms with E-state index in [1.54, 1.807) is 18.2 Å². The second kappa shape index (κ2) is 10.4. The van der Waals surface area contributed by atoms with E-state index in [4.69, 9.17) is 21.1 Å². The number of β-amino-alcohol motifs (C(OH)–C–C–N with tert-alkyl or cyclic N) is 1. The molecule has 10 heteroatoms. The van der Waals surface area contributed by atoms with Crippen molar-refractivity contribution in [2.75, 3.05) is 50.8 Å². The van der Waals surface area contributed by atoms with Crippen molar-refractivity contribution in [2.45, 2.75) is 37.0 Å². The van der Waals surface area contributed by atoms with Crippen molar-refractivity contribution in [3.63, 3.8) is 0 Å². The van der Waals surface area contributed by atoms with Gasteiger partial charge in [0.1, 0.15) is 19.3 Å². The Balaban J connectivity index is 1.34. The Hall–Kier alpha value is -2.59. The van der Waals surface area contributed by atoms with Crippen molar-refractivity contribution >= 4 is 23.2 Å². The standard InChI is InChI=1S/C26H31ClFN3O5/c27-18-3-5-19(6-4-18)31-10-7-26(34,16-31)25(33)29-21(15-30-8-1-2-9-30)23(32)17-13-20(28)24-22(14-17)35-11-12-36-24/h3-6,13-14,21,23,32,34H,1-2,7-12,15-16H2,(H,29,33)/t21-,23-,26-/m1/s1. The van der Waals surface area contributed by atoms with Gasteiger partial charge in [0.25, 0.3) is 5.91 Å². The fourth-order valence-electron chi connectivity index (χ4n) is 5.16. The van der Waals surface area contributed by atoms with E-state index in [0.717, 1.165) is 31.6 Å². The monoisotopic (exact) mass is 519 g/mol. The van der Waals surface area contributed by atoms with E-state index in [2.05, 4.69) is 10.2 Å². The van der Waals surface area contributed by atoms with E-state index in [1.807, 2.05) is 17.0 Å². The van der Waals surface area contributed by atoms with Gasteiger partial charge in [-0.2, -0.15) is 0 Å². The Bertz CT molecular complexity index is 1100. The molecule has 3 aliphatic rings. The summed E-state index contributed by atoms with van der Waals surface area (Å²) in [4.78, 5) is 17.4. The average Bonchev–Trinajstić information content (AvgIpc) is 3.54. The van der Waals surface area contributed by atoms with Crippen LogP contribution in [0.1, 0.15) is 30.9 Å².